The van der Waals surface area contributed by atoms with Gasteiger partial charge in [-0.05, 0) is 18.2 Å². The van der Waals surface area contributed by atoms with Gasteiger partial charge in [0.2, 0.25) is 12.0 Å². The van der Waals surface area contributed by atoms with E-state index in [0.717, 1.165) is 4.70 Å². The second kappa shape index (κ2) is 4.22. The number of hydrogen-bond donors (Lipinski definition) is 1. The minimum atomic E-state index is -0.162. The van der Waals surface area contributed by atoms with Gasteiger partial charge in [-0.1, -0.05) is 11.3 Å². The number of nitrogens with zero attached hydrogens (tertiary/aromatic N) is 2. The molecule has 1 amide bonds. The van der Waals surface area contributed by atoms with Gasteiger partial charge >= 0.3 is 0 Å². The van der Waals surface area contributed by atoms with Gasteiger partial charge in [-0.3, -0.25) is 4.79 Å². The normalized spacial score (nSPS) is 9.81. The molecule has 0 spiro atoms. The van der Waals surface area contributed by atoms with Gasteiger partial charge in [0, 0.05) is 6.92 Å². The summed E-state index contributed by atoms with van der Waals surface area (Å²) in [5, 5.41) is 3.14. The molecule has 2 aromatic rings. The van der Waals surface area contributed by atoms with E-state index in [0.29, 0.717) is 16.3 Å². The minimum Gasteiger partial charge on any atom is -0.302 e. The zero-order chi connectivity index (χ0) is 11.5. The third-order valence-corrected chi connectivity index (χ3v) is 2.78. The molecule has 16 heavy (non-hydrogen) atoms. The third-order valence-electron chi connectivity index (χ3n) is 1.83. The Morgan fingerprint density at radius 2 is 2.38 bits per heavy atom. The summed E-state index contributed by atoms with van der Waals surface area (Å²) in [6.45, 7) is 1.42. The monoisotopic (exact) mass is 233 g/mol. The number of nitrogens with one attached hydrogen (secondary N) is 1. The molecule has 0 aliphatic carbocycles. The van der Waals surface area contributed by atoms with Gasteiger partial charge in [0.05, 0.1) is 15.9 Å². The number of fused-ring (bicyclic) bond motifs is 1. The highest BCUT2D eigenvalue weighted by Crippen LogP contribution is 2.28. The van der Waals surface area contributed by atoms with Crippen molar-refractivity contribution in [3.63, 3.8) is 0 Å². The molecule has 0 saturated carbocycles. The molecular weight excluding hydrogens is 226 g/mol. The number of thiazole rings is 1. The van der Waals surface area contributed by atoms with Crippen molar-refractivity contribution in [1.82, 2.24) is 4.98 Å². The van der Waals surface area contributed by atoms with E-state index in [-0.39, 0.29) is 5.91 Å². The average Bonchev–Trinajstić information content (AvgIpc) is 2.58. The fourth-order valence-electron chi connectivity index (χ4n) is 1.24. The lowest BCUT2D eigenvalue weighted by molar-refractivity contribution is -0.114. The first kappa shape index (κ1) is 10.5. The molecule has 0 radical (unpaired) electrons. The van der Waals surface area contributed by atoms with Crippen LogP contribution in [0.25, 0.3) is 10.2 Å². The Morgan fingerprint density at radius 3 is 3.06 bits per heavy atom. The predicted octanol–water partition coefficient (Wildman–Crippen LogP) is 2.22. The molecule has 1 aromatic carbocycles. The fraction of sp³-hybridized carbons (Fsp3) is 0.100. The number of carbonyl (C=O) groups excluding carboxylic acids is 2. The highest BCUT2D eigenvalue weighted by atomic mass is 32.1. The molecule has 0 unspecified atom stereocenters. The van der Waals surface area contributed by atoms with E-state index in [4.69, 9.17) is 0 Å². The number of aliphatic imine (C=N–C) groups is 1. The number of benzene rings is 1. The van der Waals surface area contributed by atoms with Crippen molar-refractivity contribution in [3.8, 4) is 0 Å². The first-order valence-corrected chi connectivity index (χ1v) is 5.27. The van der Waals surface area contributed by atoms with Crippen LogP contribution in [-0.2, 0) is 9.59 Å². The molecule has 0 bridgehead atoms. The molecule has 1 heterocycles. The highest BCUT2D eigenvalue weighted by molar-refractivity contribution is 7.22. The number of hydrogen-bond acceptors (Lipinski definition) is 5. The Kier molecular flexibility index (Phi) is 2.76. The van der Waals surface area contributed by atoms with E-state index in [9.17, 15) is 9.59 Å². The van der Waals surface area contributed by atoms with Crippen LogP contribution in [0.15, 0.2) is 23.2 Å². The van der Waals surface area contributed by atoms with Gasteiger partial charge in [-0.15, -0.1) is 0 Å². The van der Waals surface area contributed by atoms with Crippen LogP contribution in [-0.4, -0.2) is 17.0 Å². The van der Waals surface area contributed by atoms with Crippen LogP contribution in [0.3, 0.4) is 0 Å². The largest absolute Gasteiger partial charge is 0.302 e. The molecule has 0 aliphatic rings. The van der Waals surface area contributed by atoms with Gasteiger partial charge in [0.25, 0.3) is 0 Å². The van der Waals surface area contributed by atoms with Crippen LogP contribution >= 0.6 is 11.3 Å². The maximum absolute atomic E-state index is 10.8. The SMILES string of the molecule is CC(=O)Nc1nc2cc(N=C=O)ccc2s1. The summed E-state index contributed by atoms with van der Waals surface area (Å²) in [7, 11) is 0. The summed E-state index contributed by atoms with van der Waals surface area (Å²) in [6.07, 6.45) is 1.47. The summed E-state index contributed by atoms with van der Waals surface area (Å²) in [4.78, 5) is 28.6. The topological polar surface area (TPSA) is 71.4 Å². The zero-order valence-electron chi connectivity index (χ0n) is 8.35. The first-order chi connectivity index (χ1) is 7.69. The lowest BCUT2D eigenvalue weighted by atomic mass is 10.3. The van der Waals surface area contributed by atoms with Gasteiger partial charge < -0.3 is 5.32 Å². The number of isocyanates is 1. The van der Waals surface area contributed by atoms with Gasteiger partial charge in [-0.2, -0.15) is 4.99 Å². The van der Waals surface area contributed by atoms with Crippen molar-refractivity contribution in [3.05, 3.63) is 18.2 Å². The second-order valence-corrected chi connectivity index (χ2v) is 4.09. The van der Waals surface area contributed by atoms with E-state index >= 15 is 0 Å². The molecule has 80 valence electrons. The molecule has 0 aliphatic heterocycles. The number of carbonyl (C=O) groups is 1. The number of amides is 1. The third kappa shape index (κ3) is 2.13. The molecule has 0 atom stereocenters. The lowest BCUT2D eigenvalue weighted by Crippen LogP contribution is -2.04. The van der Waals surface area contributed by atoms with Crippen molar-refractivity contribution in [1.29, 1.82) is 0 Å². The van der Waals surface area contributed by atoms with Crippen LogP contribution in [0.1, 0.15) is 6.92 Å². The molecule has 1 N–H and O–H groups in total. The standard InChI is InChI=1S/C10H7N3O2S/c1-6(15)12-10-13-8-4-7(11-5-14)2-3-9(8)16-10/h2-4H,1H3,(H,12,13,15). The molecular formula is C10H7N3O2S. The van der Waals surface area contributed by atoms with E-state index in [2.05, 4.69) is 15.3 Å². The molecule has 1 aromatic heterocycles. The van der Waals surface area contributed by atoms with Crippen LogP contribution in [0.5, 0.6) is 0 Å². The van der Waals surface area contributed by atoms with Crippen LogP contribution < -0.4 is 5.32 Å². The lowest BCUT2D eigenvalue weighted by Gasteiger charge is -1.91. The Balaban J connectivity index is 2.45. The van der Waals surface area contributed by atoms with Gasteiger partial charge in [-0.25, -0.2) is 9.78 Å². The summed E-state index contributed by atoms with van der Waals surface area (Å²) in [6, 6.07) is 5.17. The number of rotatable bonds is 2. The van der Waals surface area contributed by atoms with E-state index < -0.39 is 0 Å². The minimum absolute atomic E-state index is 0.162. The zero-order valence-corrected chi connectivity index (χ0v) is 9.17. The summed E-state index contributed by atoms with van der Waals surface area (Å²) < 4.78 is 0.925. The van der Waals surface area contributed by atoms with Crippen LogP contribution in [0.4, 0.5) is 10.8 Å². The Hall–Kier alpha value is -2.04. The van der Waals surface area contributed by atoms with Crippen molar-refractivity contribution in [2.45, 2.75) is 6.92 Å². The van der Waals surface area contributed by atoms with E-state index in [1.54, 1.807) is 18.2 Å². The molecule has 0 fully saturated rings. The Morgan fingerprint density at radius 1 is 1.56 bits per heavy atom. The van der Waals surface area contributed by atoms with Crippen molar-refractivity contribution in [2.75, 3.05) is 5.32 Å². The number of anilines is 1. The van der Waals surface area contributed by atoms with Gasteiger partial charge in [0.15, 0.2) is 5.13 Å². The summed E-state index contributed by atoms with van der Waals surface area (Å²) in [5.41, 5.74) is 1.20. The average molecular weight is 233 g/mol. The molecule has 6 heteroatoms. The molecule has 0 saturated heterocycles. The Bertz CT molecular complexity index is 599. The predicted molar refractivity (Wildman–Crippen MR) is 61.7 cm³/mol. The maximum atomic E-state index is 10.8. The van der Waals surface area contributed by atoms with Crippen molar-refractivity contribution >= 4 is 44.4 Å². The van der Waals surface area contributed by atoms with E-state index in [1.165, 1.54) is 24.3 Å². The fourth-order valence-corrected chi connectivity index (χ4v) is 2.13. The maximum Gasteiger partial charge on any atom is 0.240 e. The van der Waals surface area contributed by atoms with Crippen molar-refractivity contribution in [2.24, 2.45) is 4.99 Å². The van der Waals surface area contributed by atoms with Crippen molar-refractivity contribution < 1.29 is 9.59 Å². The second-order valence-electron chi connectivity index (χ2n) is 3.06. The van der Waals surface area contributed by atoms with Crippen LogP contribution in [0, 0.1) is 0 Å². The van der Waals surface area contributed by atoms with E-state index in [1.807, 2.05) is 0 Å². The van der Waals surface area contributed by atoms with Crippen LogP contribution in [0.2, 0.25) is 0 Å². The summed E-state index contributed by atoms with van der Waals surface area (Å²) in [5.74, 6) is -0.162. The number of aromatic nitrogens is 1. The van der Waals surface area contributed by atoms with Gasteiger partial charge in [0.1, 0.15) is 0 Å². The first-order valence-electron chi connectivity index (χ1n) is 4.45. The highest BCUT2D eigenvalue weighted by Gasteiger charge is 2.05. The Labute approximate surface area is 94.8 Å². The smallest absolute Gasteiger partial charge is 0.240 e. The molecule has 5 nitrogen and oxygen atoms in total. The summed E-state index contributed by atoms with van der Waals surface area (Å²) >= 11 is 1.37. The molecule has 2 rings (SSSR count). The quantitative estimate of drug-likeness (QED) is 0.638.